The standard InChI is InChI=1S/C15H25N3O2/c1-4-16-13-6-7-14(18-10-13)15(19)17-8-5-9-20-11-12(2)3/h6-7,10,12,16H,4-5,8-9,11H2,1-3H3,(H,17,19). The number of ether oxygens (including phenoxy) is 1. The second kappa shape index (κ2) is 9.31. The summed E-state index contributed by atoms with van der Waals surface area (Å²) in [5, 5.41) is 5.97. The zero-order valence-electron chi connectivity index (χ0n) is 12.6. The van der Waals surface area contributed by atoms with Gasteiger partial charge in [-0.1, -0.05) is 13.8 Å². The van der Waals surface area contributed by atoms with Gasteiger partial charge in [0.25, 0.3) is 5.91 Å². The second-order valence-corrected chi connectivity index (χ2v) is 5.04. The number of nitrogens with one attached hydrogen (secondary N) is 2. The summed E-state index contributed by atoms with van der Waals surface area (Å²) >= 11 is 0. The average molecular weight is 279 g/mol. The Hall–Kier alpha value is -1.62. The number of hydrogen-bond acceptors (Lipinski definition) is 4. The van der Waals surface area contributed by atoms with Crippen LogP contribution in [-0.4, -0.2) is 37.2 Å². The Morgan fingerprint density at radius 1 is 1.40 bits per heavy atom. The molecule has 1 aromatic heterocycles. The molecule has 5 nitrogen and oxygen atoms in total. The van der Waals surface area contributed by atoms with Gasteiger partial charge < -0.3 is 15.4 Å². The molecule has 1 heterocycles. The van der Waals surface area contributed by atoms with Gasteiger partial charge >= 0.3 is 0 Å². The van der Waals surface area contributed by atoms with Crippen LogP contribution >= 0.6 is 0 Å². The fourth-order valence-electron chi connectivity index (χ4n) is 1.62. The first-order valence-electron chi connectivity index (χ1n) is 7.19. The highest BCUT2D eigenvalue weighted by atomic mass is 16.5. The first-order chi connectivity index (χ1) is 9.63. The van der Waals surface area contributed by atoms with Crippen molar-refractivity contribution >= 4 is 11.6 Å². The van der Waals surface area contributed by atoms with Crippen molar-refractivity contribution in [1.29, 1.82) is 0 Å². The number of aromatic nitrogens is 1. The van der Waals surface area contributed by atoms with Crippen LogP contribution in [0, 0.1) is 5.92 Å². The molecule has 0 radical (unpaired) electrons. The summed E-state index contributed by atoms with van der Waals surface area (Å²) in [6, 6.07) is 3.58. The Bertz CT molecular complexity index is 391. The van der Waals surface area contributed by atoms with Crippen LogP contribution in [0.25, 0.3) is 0 Å². The monoisotopic (exact) mass is 279 g/mol. The van der Waals surface area contributed by atoms with Crippen molar-refractivity contribution in [2.75, 3.05) is 31.6 Å². The molecule has 0 aliphatic rings. The normalized spacial score (nSPS) is 10.6. The fourth-order valence-corrected chi connectivity index (χ4v) is 1.62. The summed E-state index contributed by atoms with van der Waals surface area (Å²) in [6.45, 7) is 9.13. The zero-order valence-corrected chi connectivity index (χ0v) is 12.6. The third-order valence-electron chi connectivity index (χ3n) is 2.58. The summed E-state index contributed by atoms with van der Waals surface area (Å²) in [7, 11) is 0. The Morgan fingerprint density at radius 2 is 2.20 bits per heavy atom. The predicted molar refractivity (Wildman–Crippen MR) is 81.0 cm³/mol. The molecule has 5 heteroatoms. The van der Waals surface area contributed by atoms with Crippen molar-refractivity contribution in [3.8, 4) is 0 Å². The van der Waals surface area contributed by atoms with E-state index in [9.17, 15) is 4.79 Å². The van der Waals surface area contributed by atoms with E-state index in [4.69, 9.17) is 4.74 Å². The number of hydrogen-bond donors (Lipinski definition) is 2. The SMILES string of the molecule is CCNc1ccc(C(=O)NCCCOCC(C)C)nc1. The molecule has 1 aromatic rings. The smallest absolute Gasteiger partial charge is 0.269 e. The van der Waals surface area contributed by atoms with E-state index in [-0.39, 0.29) is 5.91 Å². The van der Waals surface area contributed by atoms with Gasteiger partial charge in [0.1, 0.15) is 5.69 Å². The lowest BCUT2D eigenvalue weighted by Crippen LogP contribution is -2.26. The van der Waals surface area contributed by atoms with Crippen molar-refractivity contribution < 1.29 is 9.53 Å². The second-order valence-electron chi connectivity index (χ2n) is 5.04. The summed E-state index contributed by atoms with van der Waals surface area (Å²) in [4.78, 5) is 15.9. The van der Waals surface area contributed by atoms with E-state index in [1.165, 1.54) is 0 Å². The van der Waals surface area contributed by atoms with E-state index < -0.39 is 0 Å². The molecule has 0 fully saturated rings. The molecule has 0 aliphatic heterocycles. The molecule has 0 bridgehead atoms. The van der Waals surface area contributed by atoms with Gasteiger partial charge in [-0.15, -0.1) is 0 Å². The number of rotatable bonds is 9. The Labute approximate surface area is 121 Å². The first-order valence-corrected chi connectivity index (χ1v) is 7.19. The van der Waals surface area contributed by atoms with E-state index in [2.05, 4.69) is 29.5 Å². The quantitative estimate of drug-likeness (QED) is 0.681. The number of amides is 1. The molecule has 1 amide bonds. The molecule has 0 saturated carbocycles. The van der Waals surface area contributed by atoms with Gasteiger partial charge in [0.2, 0.25) is 0 Å². The van der Waals surface area contributed by atoms with Crippen LogP contribution in [-0.2, 0) is 4.74 Å². The summed E-state index contributed by atoms with van der Waals surface area (Å²) in [5.41, 5.74) is 1.36. The highest BCUT2D eigenvalue weighted by Crippen LogP contribution is 2.05. The molecule has 0 atom stereocenters. The summed E-state index contributed by atoms with van der Waals surface area (Å²) < 4.78 is 5.45. The Morgan fingerprint density at radius 3 is 2.80 bits per heavy atom. The van der Waals surface area contributed by atoms with E-state index in [1.807, 2.05) is 13.0 Å². The van der Waals surface area contributed by atoms with Crippen LogP contribution in [0.1, 0.15) is 37.7 Å². The molecule has 0 unspecified atom stereocenters. The molecule has 112 valence electrons. The fraction of sp³-hybridized carbons (Fsp3) is 0.600. The maximum atomic E-state index is 11.8. The molecule has 1 rings (SSSR count). The number of pyridine rings is 1. The molecule has 0 aromatic carbocycles. The van der Waals surface area contributed by atoms with E-state index in [0.717, 1.165) is 25.3 Å². The molecular formula is C15H25N3O2. The molecule has 2 N–H and O–H groups in total. The first kappa shape index (κ1) is 16.4. The zero-order chi connectivity index (χ0) is 14.8. The van der Waals surface area contributed by atoms with Gasteiger partial charge in [-0.05, 0) is 31.4 Å². The van der Waals surface area contributed by atoms with Gasteiger partial charge in [-0.2, -0.15) is 0 Å². The lowest BCUT2D eigenvalue weighted by Gasteiger charge is -2.08. The largest absolute Gasteiger partial charge is 0.384 e. The van der Waals surface area contributed by atoms with Gasteiger partial charge in [0.05, 0.1) is 11.9 Å². The maximum Gasteiger partial charge on any atom is 0.269 e. The molecule has 0 saturated heterocycles. The van der Waals surface area contributed by atoms with Gasteiger partial charge in [-0.25, -0.2) is 4.98 Å². The van der Waals surface area contributed by atoms with Crippen LogP contribution in [0.5, 0.6) is 0 Å². The lowest BCUT2D eigenvalue weighted by atomic mass is 10.2. The van der Waals surface area contributed by atoms with E-state index >= 15 is 0 Å². The van der Waals surface area contributed by atoms with Crippen molar-refractivity contribution in [3.05, 3.63) is 24.0 Å². The van der Waals surface area contributed by atoms with Gasteiger partial charge in [0.15, 0.2) is 0 Å². The predicted octanol–water partition coefficient (Wildman–Crippen LogP) is 2.31. The number of anilines is 1. The number of nitrogens with zero attached hydrogens (tertiary/aromatic N) is 1. The molecule has 0 aliphatic carbocycles. The lowest BCUT2D eigenvalue weighted by molar-refractivity contribution is 0.0920. The third-order valence-corrected chi connectivity index (χ3v) is 2.58. The van der Waals surface area contributed by atoms with E-state index in [0.29, 0.717) is 24.8 Å². The van der Waals surface area contributed by atoms with Crippen molar-refractivity contribution in [2.45, 2.75) is 27.2 Å². The Balaban J connectivity index is 2.22. The number of carbonyl (C=O) groups excluding carboxylic acids is 1. The topological polar surface area (TPSA) is 63.2 Å². The molecular weight excluding hydrogens is 254 g/mol. The highest BCUT2D eigenvalue weighted by Gasteiger charge is 2.05. The van der Waals surface area contributed by atoms with E-state index in [1.54, 1.807) is 12.3 Å². The van der Waals surface area contributed by atoms with Crippen LogP contribution in [0.2, 0.25) is 0 Å². The van der Waals surface area contributed by atoms with Crippen LogP contribution < -0.4 is 10.6 Å². The van der Waals surface area contributed by atoms with Crippen LogP contribution in [0.15, 0.2) is 18.3 Å². The molecule has 20 heavy (non-hydrogen) atoms. The van der Waals surface area contributed by atoms with Crippen LogP contribution in [0.4, 0.5) is 5.69 Å². The van der Waals surface area contributed by atoms with Crippen LogP contribution in [0.3, 0.4) is 0 Å². The minimum absolute atomic E-state index is 0.142. The highest BCUT2D eigenvalue weighted by molar-refractivity contribution is 5.92. The molecule has 0 spiro atoms. The third kappa shape index (κ3) is 6.52. The van der Waals surface area contributed by atoms with Crippen molar-refractivity contribution in [1.82, 2.24) is 10.3 Å². The number of carbonyl (C=O) groups is 1. The van der Waals surface area contributed by atoms with Gasteiger partial charge in [-0.3, -0.25) is 4.79 Å². The minimum atomic E-state index is -0.142. The van der Waals surface area contributed by atoms with Crippen molar-refractivity contribution in [2.24, 2.45) is 5.92 Å². The summed E-state index contributed by atoms with van der Waals surface area (Å²) in [5.74, 6) is 0.404. The average Bonchev–Trinajstić information content (AvgIpc) is 2.43. The van der Waals surface area contributed by atoms with Gasteiger partial charge in [0, 0.05) is 26.3 Å². The summed E-state index contributed by atoms with van der Waals surface area (Å²) in [6.07, 6.45) is 2.48. The maximum absolute atomic E-state index is 11.8. The van der Waals surface area contributed by atoms with Crippen molar-refractivity contribution in [3.63, 3.8) is 0 Å². The Kier molecular flexibility index (Phi) is 7.65. The minimum Gasteiger partial charge on any atom is -0.384 e.